The van der Waals surface area contributed by atoms with Gasteiger partial charge in [0.25, 0.3) is 0 Å². The molecule has 0 aliphatic rings. The first-order valence-electron chi connectivity index (χ1n) is 12.1. The molecule has 0 saturated carbocycles. The highest BCUT2D eigenvalue weighted by atomic mass is 32.1. The number of rotatable bonds is 2. The lowest BCUT2D eigenvalue weighted by Gasteiger charge is -2.15. The molecular weight excluding hydrogens is 461 g/mol. The Labute approximate surface area is 214 Å². The number of nitrogens with zero attached hydrogens (tertiary/aromatic N) is 2. The Morgan fingerprint density at radius 3 is 1.12 bits per heavy atom. The molecule has 0 amide bonds. The van der Waals surface area contributed by atoms with Gasteiger partial charge in [-0.15, -0.1) is 22.7 Å². The van der Waals surface area contributed by atoms with Crippen LogP contribution in [0, 0.1) is 0 Å². The predicted octanol–water partition coefficient (Wildman–Crippen LogP) is 10.8. The first-order valence-corrected chi connectivity index (χ1v) is 14.5. The summed E-state index contributed by atoms with van der Waals surface area (Å²) >= 11 is 5.02. The molecular formula is C28H42N2S3. The van der Waals surface area contributed by atoms with Crippen LogP contribution in [0.5, 0.6) is 0 Å². The molecule has 3 heterocycles. The number of aromatic nitrogens is 2. The zero-order chi connectivity index (χ0) is 25.4. The molecule has 0 atom stereocenters. The summed E-state index contributed by atoms with van der Waals surface area (Å²) in [5.74, 6) is 0. The lowest BCUT2D eigenvalue weighted by molar-refractivity contribution is 0.603. The van der Waals surface area contributed by atoms with Crippen LogP contribution in [0.2, 0.25) is 0 Å². The molecule has 0 aliphatic heterocycles. The van der Waals surface area contributed by atoms with E-state index in [0.29, 0.717) is 0 Å². The molecule has 3 aromatic heterocycles. The Morgan fingerprint density at radius 1 is 0.515 bits per heavy atom. The molecule has 4 rings (SSSR count). The summed E-state index contributed by atoms with van der Waals surface area (Å²) in [5.41, 5.74) is 4.76. The molecule has 0 saturated heterocycles. The predicted molar refractivity (Wildman–Crippen MR) is 155 cm³/mol. The first kappa shape index (κ1) is 29.5. The molecule has 1 aromatic carbocycles. The second kappa shape index (κ2) is 12.8. The van der Waals surface area contributed by atoms with Gasteiger partial charge in [-0.3, -0.25) is 0 Å². The van der Waals surface area contributed by atoms with Gasteiger partial charge in [-0.2, -0.15) is 8.75 Å². The van der Waals surface area contributed by atoms with Gasteiger partial charge in [0, 0.05) is 30.6 Å². The zero-order valence-electron chi connectivity index (χ0n) is 22.6. The molecule has 0 radical (unpaired) electrons. The molecule has 0 bridgehead atoms. The van der Waals surface area contributed by atoms with Crippen LogP contribution >= 0.6 is 34.4 Å². The van der Waals surface area contributed by atoms with Crippen LogP contribution in [0.1, 0.15) is 92.8 Å². The van der Waals surface area contributed by atoms with Gasteiger partial charge in [-0.1, -0.05) is 95.2 Å². The fraction of sp³-hybridized carbons (Fsp3) is 0.500. The Bertz CT molecular complexity index is 1020. The van der Waals surface area contributed by atoms with Gasteiger partial charge in [-0.05, 0) is 35.1 Å². The molecule has 0 unspecified atom stereocenters. The minimum atomic E-state index is 0.169. The third-order valence-corrected chi connectivity index (χ3v) is 8.25. The minimum Gasteiger partial charge on any atom is -0.172 e. The van der Waals surface area contributed by atoms with Gasteiger partial charge < -0.3 is 0 Å². The van der Waals surface area contributed by atoms with E-state index in [1.165, 1.54) is 42.4 Å². The van der Waals surface area contributed by atoms with Crippen molar-refractivity contribution < 1.29 is 0 Å². The average molecular weight is 503 g/mol. The summed E-state index contributed by atoms with van der Waals surface area (Å²) in [4.78, 5) is 5.33. The highest BCUT2D eigenvalue weighted by molar-refractivity contribution is 7.16. The average Bonchev–Trinajstić information content (AvgIpc) is 3.57. The number of thiophene rings is 2. The maximum Gasteiger partial charge on any atom is 0.114 e. The molecule has 4 aromatic rings. The SMILES string of the molecule is CC.CC.CC.CC(C)(C)c1ccc(-c2ccc(-c3ccc(C(C)(C)C)s3)c3nsnc23)s1. The highest BCUT2D eigenvalue weighted by Crippen LogP contribution is 2.42. The largest absolute Gasteiger partial charge is 0.172 e. The lowest BCUT2D eigenvalue weighted by Crippen LogP contribution is -2.07. The summed E-state index contributed by atoms with van der Waals surface area (Å²) in [6.45, 7) is 25.6. The molecule has 0 aliphatic carbocycles. The quantitative estimate of drug-likeness (QED) is 0.272. The van der Waals surface area contributed by atoms with Gasteiger partial charge >= 0.3 is 0 Å². The smallest absolute Gasteiger partial charge is 0.114 e. The zero-order valence-corrected chi connectivity index (χ0v) is 25.0. The number of hydrogen-bond acceptors (Lipinski definition) is 5. The van der Waals surface area contributed by atoms with Crippen molar-refractivity contribution in [1.82, 2.24) is 8.75 Å². The second-order valence-electron chi connectivity index (χ2n) is 8.95. The van der Waals surface area contributed by atoms with Gasteiger partial charge in [-0.25, -0.2) is 0 Å². The van der Waals surface area contributed by atoms with E-state index in [-0.39, 0.29) is 10.8 Å². The van der Waals surface area contributed by atoms with Crippen LogP contribution in [-0.4, -0.2) is 8.75 Å². The van der Waals surface area contributed by atoms with Crippen LogP contribution in [0.25, 0.3) is 31.9 Å². The van der Waals surface area contributed by atoms with Crippen molar-refractivity contribution in [2.45, 2.75) is 93.9 Å². The van der Waals surface area contributed by atoms with Crippen molar-refractivity contribution in [2.24, 2.45) is 0 Å². The van der Waals surface area contributed by atoms with Crippen LogP contribution in [0.15, 0.2) is 36.4 Å². The topological polar surface area (TPSA) is 25.8 Å². The van der Waals surface area contributed by atoms with Crippen molar-refractivity contribution in [3.05, 3.63) is 46.2 Å². The van der Waals surface area contributed by atoms with Gasteiger partial charge in [0.05, 0.1) is 11.7 Å². The van der Waals surface area contributed by atoms with Crippen molar-refractivity contribution >= 4 is 45.4 Å². The lowest BCUT2D eigenvalue weighted by atomic mass is 9.95. The molecule has 2 nitrogen and oxygen atoms in total. The minimum absolute atomic E-state index is 0.169. The van der Waals surface area contributed by atoms with Gasteiger partial charge in [0.2, 0.25) is 0 Å². The van der Waals surface area contributed by atoms with Crippen LogP contribution in [0.4, 0.5) is 0 Å². The second-order valence-corrected chi connectivity index (χ2v) is 11.6. The van der Waals surface area contributed by atoms with E-state index in [9.17, 15) is 0 Å². The van der Waals surface area contributed by atoms with E-state index < -0.39 is 0 Å². The van der Waals surface area contributed by atoms with Gasteiger partial charge in [0.1, 0.15) is 11.0 Å². The van der Waals surface area contributed by atoms with E-state index in [4.69, 9.17) is 0 Å². The van der Waals surface area contributed by atoms with E-state index in [1.54, 1.807) is 0 Å². The summed E-state index contributed by atoms with van der Waals surface area (Å²) in [7, 11) is 0. The Hall–Kier alpha value is -1.56. The monoisotopic (exact) mass is 502 g/mol. The molecule has 0 N–H and O–H groups in total. The van der Waals surface area contributed by atoms with Gasteiger partial charge in [0.15, 0.2) is 0 Å². The highest BCUT2D eigenvalue weighted by Gasteiger charge is 2.21. The Balaban J connectivity index is 0.000000841. The summed E-state index contributed by atoms with van der Waals surface area (Å²) in [6, 6.07) is 13.4. The molecule has 0 spiro atoms. The summed E-state index contributed by atoms with van der Waals surface area (Å²) in [6.07, 6.45) is 0. The van der Waals surface area contributed by atoms with E-state index in [0.717, 1.165) is 11.0 Å². The number of benzene rings is 1. The molecule has 0 fully saturated rings. The van der Waals surface area contributed by atoms with E-state index in [1.807, 2.05) is 64.2 Å². The van der Waals surface area contributed by atoms with E-state index >= 15 is 0 Å². The molecule has 33 heavy (non-hydrogen) atoms. The summed E-state index contributed by atoms with van der Waals surface area (Å²) in [5, 5.41) is 0. The number of fused-ring (bicyclic) bond motifs is 1. The standard InChI is InChI=1S/C22H24N2S3.3C2H6/c1-21(2,3)17-11-9-15(25-17)13-7-8-14(20-19(13)23-27-24-20)16-10-12-18(26-16)22(4,5)6;3*1-2/h7-12H,1-6H3;3*1-2H3. The van der Waals surface area contributed by atoms with Crippen molar-refractivity contribution in [3.63, 3.8) is 0 Å². The number of hydrogen-bond donors (Lipinski definition) is 0. The first-order chi connectivity index (χ1) is 15.6. The Kier molecular flexibility index (Phi) is 11.4. The third kappa shape index (κ3) is 6.97. The molecule has 5 heteroatoms. The maximum atomic E-state index is 4.65. The van der Waals surface area contributed by atoms with Crippen molar-refractivity contribution in [1.29, 1.82) is 0 Å². The normalized spacial score (nSPS) is 11.0. The third-order valence-electron chi connectivity index (χ3n) is 4.64. The maximum absolute atomic E-state index is 4.65. The molecule has 182 valence electrons. The van der Waals surface area contributed by atoms with Crippen molar-refractivity contribution in [2.75, 3.05) is 0 Å². The fourth-order valence-electron chi connectivity index (χ4n) is 3.04. The fourth-order valence-corrected chi connectivity index (χ4v) is 5.79. The van der Waals surface area contributed by atoms with Crippen LogP contribution in [0.3, 0.4) is 0 Å². The van der Waals surface area contributed by atoms with Crippen LogP contribution < -0.4 is 0 Å². The summed E-state index contributed by atoms with van der Waals surface area (Å²) < 4.78 is 9.30. The van der Waals surface area contributed by atoms with Crippen molar-refractivity contribution in [3.8, 4) is 20.9 Å². The van der Waals surface area contributed by atoms with Crippen LogP contribution in [-0.2, 0) is 10.8 Å². The Morgan fingerprint density at radius 2 is 0.848 bits per heavy atom. The van der Waals surface area contributed by atoms with E-state index in [2.05, 4.69) is 86.7 Å².